The quantitative estimate of drug-likeness (QED) is 0.829. The Kier molecular flexibility index (Phi) is 4.21. The highest BCUT2D eigenvalue weighted by molar-refractivity contribution is 5.61. The summed E-state index contributed by atoms with van der Waals surface area (Å²) in [5.74, 6) is 0. The molecule has 98 valence electrons. The first kappa shape index (κ1) is 13.5. The molecule has 0 aliphatic carbocycles. The van der Waals surface area contributed by atoms with Gasteiger partial charge in [-0.05, 0) is 42.3 Å². The second-order valence-electron chi connectivity index (χ2n) is 4.40. The summed E-state index contributed by atoms with van der Waals surface area (Å²) in [5.41, 5.74) is 9.35. The van der Waals surface area contributed by atoms with Crippen LogP contribution < -0.4 is 11.1 Å². The van der Waals surface area contributed by atoms with E-state index in [2.05, 4.69) is 17.5 Å². The molecule has 0 fully saturated rings. The van der Waals surface area contributed by atoms with Crippen LogP contribution in [0, 0.1) is 22.7 Å². The van der Waals surface area contributed by atoms with Crippen LogP contribution in [0.15, 0.2) is 42.5 Å². The van der Waals surface area contributed by atoms with Crippen molar-refractivity contribution in [3.8, 4) is 12.1 Å². The Bertz CT molecular complexity index is 675. The van der Waals surface area contributed by atoms with E-state index in [1.165, 1.54) is 0 Å². The van der Waals surface area contributed by atoms with E-state index in [1.54, 1.807) is 12.1 Å². The molecule has 0 radical (unpaired) electrons. The van der Waals surface area contributed by atoms with Gasteiger partial charge in [-0.1, -0.05) is 12.1 Å². The summed E-state index contributed by atoms with van der Waals surface area (Å²) in [6, 6.07) is 17.0. The third-order valence-electron chi connectivity index (χ3n) is 3.00. The first-order valence-corrected chi connectivity index (χ1v) is 6.25. The van der Waals surface area contributed by atoms with Crippen molar-refractivity contribution in [3.05, 3.63) is 59.2 Å². The first-order chi connectivity index (χ1) is 9.72. The lowest BCUT2D eigenvalue weighted by Crippen LogP contribution is -2.05. The number of hydrogen-bond donors (Lipinski definition) is 2. The summed E-state index contributed by atoms with van der Waals surface area (Å²) in [7, 11) is 0. The average Bonchev–Trinajstić information content (AvgIpc) is 2.49. The van der Waals surface area contributed by atoms with Crippen molar-refractivity contribution in [3.63, 3.8) is 0 Å². The van der Waals surface area contributed by atoms with Gasteiger partial charge in [0, 0.05) is 17.9 Å². The summed E-state index contributed by atoms with van der Waals surface area (Å²) in [6.07, 6.45) is 0.845. The van der Waals surface area contributed by atoms with Crippen LogP contribution in [0.5, 0.6) is 0 Å². The van der Waals surface area contributed by atoms with E-state index in [0.717, 1.165) is 24.2 Å². The van der Waals surface area contributed by atoms with Crippen molar-refractivity contribution in [2.24, 2.45) is 0 Å². The van der Waals surface area contributed by atoms with E-state index in [0.29, 0.717) is 16.8 Å². The number of rotatable bonds is 4. The average molecular weight is 262 g/mol. The molecule has 0 bridgehead atoms. The molecule has 0 unspecified atom stereocenters. The van der Waals surface area contributed by atoms with Crippen LogP contribution in [0.25, 0.3) is 0 Å². The topological polar surface area (TPSA) is 85.6 Å². The van der Waals surface area contributed by atoms with E-state index >= 15 is 0 Å². The van der Waals surface area contributed by atoms with Gasteiger partial charge in [0.25, 0.3) is 0 Å². The monoisotopic (exact) mass is 262 g/mol. The van der Waals surface area contributed by atoms with E-state index in [9.17, 15) is 0 Å². The molecule has 3 N–H and O–H groups in total. The zero-order valence-electron chi connectivity index (χ0n) is 10.9. The van der Waals surface area contributed by atoms with Gasteiger partial charge in [-0.25, -0.2) is 0 Å². The Labute approximate surface area is 118 Å². The van der Waals surface area contributed by atoms with Crippen LogP contribution >= 0.6 is 0 Å². The molecule has 2 aromatic carbocycles. The standard InChI is InChI=1S/C16H14N4/c17-10-13-3-1-12(2-4-13)7-8-20-15-5-6-16(19)14(9-15)11-18/h1-6,9,20H,7-8,19H2. The Morgan fingerprint density at radius 1 is 1.00 bits per heavy atom. The molecule has 2 aromatic rings. The molecule has 0 saturated carbocycles. The molecule has 0 heterocycles. The fourth-order valence-corrected chi connectivity index (χ4v) is 1.86. The fourth-order valence-electron chi connectivity index (χ4n) is 1.86. The maximum absolute atomic E-state index is 8.91. The summed E-state index contributed by atoms with van der Waals surface area (Å²) < 4.78 is 0. The highest BCUT2D eigenvalue weighted by Crippen LogP contribution is 2.16. The molecule has 0 saturated heterocycles. The number of nitrogens with zero attached hydrogens (tertiary/aromatic N) is 2. The van der Waals surface area contributed by atoms with E-state index < -0.39 is 0 Å². The zero-order valence-corrected chi connectivity index (χ0v) is 10.9. The molecular weight excluding hydrogens is 248 g/mol. The maximum atomic E-state index is 8.91. The molecule has 0 atom stereocenters. The maximum Gasteiger partial charge on any atom is 0.101 e. The van der Waals surface area contributed by atoms with Crippen LogP contribution in [-0.4, -0.2) is 6.54 Å². The number of hydrogen-bond acceptors (Lipinski definition) is 4. The SMILES string of the molecule is N#Cc1ccc(CCNc2ccc(N)c(C#N)c2)cc1. The molecule has 0 aliphatic rings. The van der Waals surface area contributed by atoms with Crippen LogP contribution in [0.4, 0.5) is 11.4 Å². The fraction of sp³-hybridized carbons (Fsp3) is 0.125. The van der Waals surface area contributed by atoms with Gasteiger partial charge in [-0.15, -0.1) is 0 Å². The van der Waals surface area contributed by atoms with Gasteiger partial charge in [0.1, 0.15) is 6.07 Å². The van der Waals surface area contributed by atoms with Gasteiger partial charge < -0.3 is 11.1 Å². The molecule has 20 heavy (non-hydrogen) atoms. The minimum Gasteiger partial charge on any atom is -0.398 e. The number of benzene rings is 2. The smallest absolute Gasteiger partial charge is 0.101 e. The van der Waals surface area contributed by atoms with Gasteiger partial charge in [0.15, 0.2) is 0 Å². The molecule has 0 amide bonds. The number of nitriles is 2. The van der Waals surface area contributed by atoms with Gasteiger partial charge in [-0.2, -0.15) is 10.5 Å². The van der Waals surface area contributed by atoms with Gasteiger partial charge in [-0.3, -0.25) is 0 Å². The van der Waals surface area contributed by atoms with Crippen LogP contribution in [0.1, 0.15) is 16.7 Å². The molecule has 0 aromatic heterocycles. The minimum absolute atomic E-state index is 0.480. The molecule has 4 nitrogen and oxygen atoms in total. The normalized spacial score (nSPS) is 9.50. The molecular formula is C16H14N4. The van der Waals surface area contributed by atoms with Crippen molar-refractivity contribution in [2.75, 3.05) is 17.6 Å². The van der Waals surface area contributed by atoms with E-state index in [-0.39, 0.29) is 0 Å². The van der Waals surface area contributed by atoms with Crippen LogP contribution in [0.3, 0.4) is 0 Å². The predicted octanol–water partition coefficient (Wildman–Crippen LogP) is 2.67. The lowest BCUT2D eigenvalue weighted by atomic mass is 10.1. The minimum atomic E-state index is 0.480. The first-order valence-electron chi connectivity index (χ1n) is 6.25. The number of nitrogens with one attached hydrogen (secondary N) is 1. The number of nitrogens with two attached hydrogens (primary N) is 1. The summed E-state index contributed by atoms with van der Waals surface area (Å²) in [4.78, 5) is 0. The highest BCUT2D eigenvalue weighted by Gasteiger charge is 2.00. The van der Waals surface area contributed by atoms with Crippen molar-refractivity contribution < 1.29 is 0 Å². The van der Waals surface area contributed by atoms with Gasteiger partial charge in [0.05, 0.1) is 17.2 Å². The molecule has 2 rings (SSSR count). The van der Waals surface area contributed by atoms with Crippen molar-refractivity contribution in [1.82, 2.24) is 0 Å². The number of nitrogen functional groups attached to an aromatic ring is 1. The second kappa shape index (κ2) is 6.26. The van der Waals surface area contributed by atoms with Crippen molar-refractivity contribution in [2.45, 2.75) is 6.42 Å². The molecule has 0 aliphatic heterocycles. The lowest BCUT2D eigenvalue weighted by Gasteiger charge is -2.08. The highest BCUT2D eigenvalue weighted by atomic mass is 14.9. The largest absolute Gasteiger partial charge is 0.398 e. The Morgan fingerprint density at radius 3 is 2.40 bits per heavy atom. The summed E-state index contributed by atoms with van der Waals surface area (Å²) >= 11 is 0. The van der Waals surface area contributed by atoms with Crippen molar-refractivity contribution in [1.29, 1.82) is 10.5 Å². The molecule has 4 heteroatoms. The Morgan fingerprint density at radius 2 is 1.75 bits per heavy atom. The van der Waals surface area contributed by atoms with E-state index in [1.807, 2.05) is 30.3 Å². The summed E-state index contributed by atoms with van der Waals surface area (Å²) in [5, 5.41) is 20.9. The third kappa shape index (κ3) is 3.28. The summed E-state index contributed by atoms with van der Waals surface area (Å²) in [6.45, 7) is 0.751. The lowest BCUT2D eigenvalue weighted by molar-refractivity contribution is 1.02. The van der Waals surface area contributed by atoms with Gasteiger partial charge >= 0.3 is 0 Å². The van der Waals surface area contributed by atoms with Crippen molar-refractivity contribution >= 4 is 11.4 Å². The number of anilines is 2. The predicted molar refractivity (Wildman–Crippen MR) is 78.9 cm³/mol. The van der Waals surface area contributed by atoms with Crippen LogP contribution in [0.2, 0.25) is 0 Å². The van der Waals surface area contributed by atoms with Crippen LogP contribution in [-0.2, 0) is 6.42 Å². The third-order valence-corrected chi connectivity index (χ3v) is 3.00. The second-order valence-corrected chi connectivity index (χ2v) is 4.40. The molecule has 0 spiro atoms. The van der Waals surface area contributed by atoms with E-state index in [4.69, 9.17) is 16.3 Å². The Hall–Kier alpha value is -2.98. The zero-order chi connectivity index (χ0) is 14.4. The van der Waals surface area contributed by atoms with Gasteiger partial charge in [0.2, 0.25) is 0 Å². The Balaban J connectivity index is 1.93.